The molecule has 0 saturated carbocycles. The first kappa shape index (κ1) is 17.0. The van der Waals surface area contributed by atoms with Crippen molar-refractivity contribution in [3.8, 4) is 0 Å². The predicted molar refractivity (Wildman–Crippen MR) is 73.6 cm³/mol. The van der Waals surface area contributed by atoms with Gasteiger partial charge in [-0.15, -0.1) is 0 Å². The number of carbonyl (C=O) groups excluding carboxylic acids is 1. The molecule has 5 nitrogen and oxygen atoms in total. The van der Waals surface area contributed by atoms with E-state index < -0.39 is 26.2 Å². The van der Waals surface area contributed by atoms with Gasteiger partial charge in [0.25, 0.3) is 0 Å². The van der Waals surface area contributed by atoms with Gasteiger partial charge in [-0.1, -0.05) is 33.0 Å². The van der Waals surface area contributed by atoms with Gasteiger partial charge in [0.15, 0.2) is 0 Å². The van der Waals surface area contributed by atoms with Crippen LogP contribution >= 0.6 is 0 Å². The first-order valence-corrected chi connectivity index (χ1v) is 10.0. The minimum Gasteiger partial charge on any atom is -0.480 e. The van der Waals surface area contributed by atoms with E-state index in [9.17, 15) is 9.59 Å². The number of nitrogens with zero attached hydrogens (tertiary/aromatic N) is 1. The summed E-state index contributed by atoms with van der Waals surface area (Å²) in [5.41, 5.74) is 0. The van der Waals surface area contributed by atoms with Crippen molar-refractivity contribution in [3.05, 3.63) is 0 Å². The molecule has 0 aromatic heterocycles. The zero-order chi connectivity index (χ0) is 14.3. The molecular weight excluding hydrogens is 250 g/mol. The van der Waals surface area contributed by atoms with Crippen LogP contribution in [0.15, 0.2) is 0 Å². The standard InChI is InChI=1S/C12H25NO4Si/c1-6-7-10(11(14)15)13(2)12(16)17-8-9-18(3,4)5/h10H,6-9H2,1-5H3,(H,14,15). The van der Waals surface area contributed by atoms with Gasteiger partial charge in [0, 0.05) is 15.1 Å². The van der Waals surface area contributed by atoms with E-state index in [-0.39, 0.29) is 0 Å². The highest BCUT2D eigenvalue weighted by Crippen LogP contribution is 2.10. The molecule has 0 aromatic rings. The number of ether oxygens (including phenoxy) is 1. The van der Waals surface area contributed by atoms with Gasteiger partial charge in [-0.3, -0.25) is 4.90 Å². The van der Waals surface area contributed by atoms with Crippen LogP contribution in [0.1, 0.15) is 19.8 Å². The molecule has 1 atom stereocenters. The van der Waals surface area contributed by atoms with Crippen LogP contribution in [0, 0.1) is 0 Å². The highest BCUT2D eigenvalue weighted by molar-refractivity contribution is 6.76. The molecule has 0 radical (unpaired) electrons. The number of rotatable bonds is 7. The Morgan fingerprint density at radius 3 is 2.28 bits per heavy atom. The predicted octanol–water partition coefficient (Wildman–Crippen LogP) is 2.65. The summed E-state index contributed by atoms with van der Waals surface area (Å²) >= 11 is 0. The van der Waals surface area contributed by atoms with Crippen molar-refractivity contribution in [2.24, 2.45) is 0 Å². The lowest BCUT2D eigenvalue weighted by molar-refractivity contribution is -0.142. The minimum absolute atomic E-state index is 0.372. The molecule has 0 aliphatic carbocycles. The Balaban J connectivity index is 4.27. The van der Waals surface area contributed by atoms with E-state index in [1.54, 1.807) is 0 Å². The normalized spacial score (nSPS) is 12.9. The monoisotopic (exact) mass is 275 g/mol. The van der Waals surface area contributed by atoms with E-state index in [0.29, 0.717) is 19.4 Å². The SMILES string of the molecule is CCCC(C(=O)O)N(C)C(=O)OCC[Si](C)(C)C. The van der Waals surface area contributed by atoms with E-state index >= 15 is 0 Å². The van der Waals surface area contributed by atoms with Crippen LogP contribution in [0.4, 0.5) is 4.79 Å². The van der Waals surface area contributed by atoms with Crippen molar-refractivity contribution in [2.45, 2.75) is 51.5 Å². The van der Waals surface area contributed by atoms with E-state index in [0.717, 1.165) is 6.04 Å². The number of carboxylic acids is 1. The molecule has 0 rings (SSSR count). The van der Waals surface area contributed by atoms with Crippen LogP contribution in [0.25, 0.3) is 0 Å². The van der Waals surface area contributed by atoms with Gasteiger partial charge in [-0.05, 0) is 12.5 Å². The van der Waals surface area contributed by atoms with E-state index in [1.807, 2.05) is 6.92 Å². The smallest absolute Gasteiger partial charge is 0.410 e. The average Bonchev–Trinajstić information content (AvgIpc) is 2.22. The number of likely N-dealkylation sites (N-methyl/N-ethyl adjacent to an activating group) is 1. The average molecular weight is 275 g/mol. The summed E-state index contributed by atoms with van der Waals surface area (Å²) in [5, 5.41) is 9.04. The maximum atomic E-state index is 11.7. The summed E-state index contributed by atoms with van der Waals surface area (Å²) in [6.45, 7) is 8.85. The molecule has 6 heteroatoms. The van der Waals surface area contributed by atoms with Crippen LogP contribution in [0.2, 0.25) is 25.7 Å². The van der Waals surface area contributed by atoms with Crippen molar-refractivity contribution >= 4 is 20.1 Å². The lowest BCUT2D eigenvalue weighted by atomic mass is 10.1. The highest BCUT2D eigenvalue weighted by Gasteiger charge is 2.26. The maximum Gasteiger partial charge on any atom is 0.410 e. The highest BCUT2D eigenvalue weighted by atomic mass is 28.3. The van der Waals surface area contributed by atoms with Gasteiger partial charge in [0.2, 0.25) is 0 Å². The third-order valence-corrected chi connectivity index (χ3v) is 4.38. The zero-order valence-electron chi connectivity index (χ0n) is 12.0. The molecule has 106 valence electrons. The molecule has 0 bridgehead atoms. The third kappa shape index (κ3) is 6.63. The molecule has 1 N–H and O–H groups in total. The largest absolute Gasteiger partial charge is 0.480 e. The summed E-state index contributed by atoms with van der Waals surface area (Å²) in [4.78, 5) is 23.9. The van der Waals surface area contributed by atoms with Gasteiger partial charge in [0.05, 0.1) is 6.61 Å². The molecule has 0 spiro atoms. The molecule has 0 aliphatic heterocycles. The fourth-order valence-corrected chi connectivity index (χ4v) is 2.14. The van der Waals surface area contributed by atoms with Crippen molar-refractivity contribution in [1.82, 2.24) is 4.90 Å². The molecular formula is C12H25NO4Si. The molecule has 1 unspecified atom stereocenters. The Hall–Kier alpha value is -1.04. The Labute approximate surface area is 110 Å². The maximum absolute atomic E-state index is 11.7. The minimum atomic E-state index is -1.24. The van der Waals surface area contributed by atoms with Crippen LogP contribution in [-0.2, 0) is 9.53 Å². The van der Waals surface area contributed by atoms with Crippen molar-refractivity contribution in [1.29, 1.82) is 0 Å². The number of aliphatic carboxylic acids is 1. The number of carboxylic acid groups (broad SMARTS) is 1. The first-order valence-electron chi connectivity index (χ1n) is 6.31. The topological polar surface area (TPSA) is 66.8 Å². The van der Waals surface area contributed by atoms with Crippen LogP contribution < -0.4 is 0 Å². The number of carbonyl (C=O) groups is 2. The van der Waals surface area contributed by atoms with Crippen LogP contribution in [-0.4, -0.2) is 49.8 Å². The summed E-state index contributed by atoms with van der Waals surface area (Å²) in [6, 6.07) is 0.0901. The number of amides is 1. The molecule has 0 fully saturated rings. The molecule has 0 aromatic carbocycles. The Morgan fingerprint density at radius 1 is 1.33 bits per heavy atom. The fraction of sp³-hybridized carbons (Fsp3) is 0.833. The van der Waals surface area contributed by atoms with Crippen molar-refractivity contribution in [3.63, 3.8) is 0 Å². The molecule has 0 aliphatic rings. The van der Waals surface area contributed by atoms with Crippen molar-refractivity contribution < 1.29 is 19.4 Å². The molecule has 18 heavy (non-hydrogen) atoms. The lowest BCUT2D eigenvalue weighted by Gasteiger charge is -2.24. The summed E-state index contributed by atoms with van der Waals surface area (Å²) in [6.07, 6.45) is 0.604. The second-order valence-electron chi connectivity index (χ2n) is 5.68. The van der Waals surface area contributed by atoms with Gasteiger partial charge >= 0.3 is 12.1 Å². The first-order chi connectivity index (χ1) is 8.19. The third-order valence-electron chi connectivity index (χ3n) is 2.68. The quantitative estimate of drug-likeness (QED) is 0.725. The molecule has 1 amide bonds. The molecule has 0 heterocycles. The van der Waals surface area contributed by atoms with Gasteiger partial charge in [-0.25, -0.2) is 9.59 Å². The van der Waals surface area contributed by atoms with E-state index in [4.69, 9.17) is 9.84 Å². The fourth-order valence-electron chi connectivity index (χ4n) is 1.43. The number of hydrogen-bond donors (Lipinski definition) is 1. The Bertz CT molecular complexity index is 288. The summed E-state index contributed by atoms with van der Waals surface area (Å²) in [5.74, 6) is -0.985. The second-order valence-corrected chi connectivity index (χ2v) is 11.3. The van der Waals surface area contributed by atoms with Gasteiger partial charge in [0.1, 0.15) is 6.04 Å². The van der Waals surface area contributed by atoms with E-state index in [2.05, 4.69) is 19.6 Å². The van der Waals surface area contributed by atoms with Crippen molar-refractivity contribution in [2.75, 3.05) is 13.7 Å². The van der Waals surface area contributed by atoms with Crippen LogP contribution in [0.5, 0.6) is 0 Å². The summed E-state index contributed by atoms with van der Waals surface area (Å²) in [7, 11) is 0.242. The number of hydrogen-bond acceptors (Lipinski definition) is 3. The zero-order valence-corrected chi connectivity index (χ0v) is 13.0. The van der Waals surface area contributed by atoms with Gasteiger partial charge < -0.3 is 9.84 Å². The summed E-state index contributed by atoms with van der Waals surface area (Å²) < 4.78 is 5.12. The van der Waals surface area contributed by atoms with E-state index in [1.165, 1.54) is 11.9 Å². The van der Waals surface area contributed by atoms with Gasteiger partial charge in [-0.2, -0.15) is 0 Å². The lowest BCUT2D eigenvalue weighted by Crippen LogP contribution is -2.42. The Kier molecular flexibility index (Phi) is 6.98. The second kappa shape index (κ2) is 7.40. The molecule has 0 saturated heterocycles. The Morgan fingerprint density at radius 2 is 1.89 bits per heavy atom. The van der Waals surface area contributed by atoms with Crippen LogP contribution in [0.3, 0.4) is 0 Å².